The molecule has 90 valence electrons. The first-order chi connectivity index (χ1) is 8.09. The monoisotopic (exact) mass is 236 g/mol. The number of carbonyl (C=O) groups is 2. The number of hydrogen-bond acceptors (Lipinski definition) is 4. The van der Waals surface area contributed by atoms with Gasteiger partial charge in [-0.2, -0.15) is 0 Å². The van der Waals surface area contributed by atoms with Gasteiger partial charge in [0.15, 0.2) is 0 Å². The van der Waals surface area contributed by atoms with Gasteiger partial charge in [-0.25, -0.2) is 4.79 Å². The average Bonchev–Trinajstić information content (AvgIpc) is 2.57. The van der Waals surface area contributed by atoms with Crippen LogP contribution in [0.15, 0.2) is 18.2 Å². The molecule has 5 heteroatoms. The van der Waals surface area contributed by atoms with E-state index in [0.717, 1.165) is 0 Å². The van der Waals surface area contributed by atoms with E-state index in [4.69, 9.17) is 9.84 Å². The summed E-state index contributed by atoms with van der Waals surface area (Å²) in [6.45, 7) is 0. The largest absolute Gasteiger partial charge is 0.507 e. The first-order valence-corrected chi connectivity index (χ1v) is 5.34. The van der Waals surface area contributed by atoms with Crippen molar-refractivity contribution in [2.75, 3.05) is 0 Å². The molecule has 1 aromatic carbocycles. The van der Waals surface area contributed by atoms with E-state index in [9.17, 15) is 14.7 Å². The second kappa shape index (κ2) is 4.45. The van der Waals surface area contributed by atoms with Crippen molar-refractivity contribution in [3.63, 3.8) is 0 Å². The summed E-state index contributed by atoms with van der Waals surface area (Å²) in [5, 5.41) is 18.1. The highest BCUT2D eigenvalue weighted by molar-refractivity contribution is 5.96. The molecule has 1 aliphatic rings. The molecule has 0 amide bonds. The molecule has 0 fully saturated rings. The number of cyclic esters (lactones) is 1. The lowest BCUT2D eigenvalue weighted by molar-refractivity contribution is -0.137. The molecule has 0 saturated carbocycles. The Morgan fingerprint density at radius 2 is 2.18 bits per heavy atom. The van der Waals surface area contributed by atoms with E-state index in [1.165, 1.54) is 6.07 Å². The molecule has 2 rings (SSSR count). The van der Waals surface area contributed by atoms with Crippen LogP contribution in [0.1, 0.15) is 41.3 Å². The molecule has 0 saturated heterocycles. The Hall–Kier alpha value is -2.04. The minimum absolute atomic E-state index is 0.0438. The highest BCUT2D eigenvalue weighted by Gasteiger charge is 2.32. The summed E-state index contributed by atoms with van der Waals surface area (Å²) in [7, 11) is 0. The molecule has 1 aliphatic heterocycles. The summed E-state index contributed by atoms with van der Waals surface area (Å²) < 4.78 is 5.10. The molecule has 1 heterocycles. The van der Waals surface area contributed by atoms with Gasteiger partial charge in [0, 0.05) is 12.0 Å². The predicted octanol–water partition coefficient (Wildman–Crippen LogP) is 1.86. The lowest BCUT2D eigenvalue weighted by Gasteiger charge is -2.09. The Morgan fingerprint density at radius 3 is 2.88 bits per heavy atom. The van der Waals surface area contributed by atoms with Gasteiger partial charge in [-0.3, -0.25) is 4.79 Å². The van der Waals surface area contributed by atoms with Gasteiger partial charge in [-0.05, 0) is 18.9 Å². The fourth-order valence-electron chi connectivity index (χ4n) is 1.95. The SMILES string of the molecule is O=C(O)CCC[C@@H]1OC(=O)c2c(O)cccc21. The minimum atomic E-state index is -0.870. The van der Waals surface area contributed by atoms with E-state index >= 15 is 0 Å². The second-order valence-electron chi connectivity index (χ2n) is 3.92. The van der Waals surface area contributed by atoms with Gasteiger partial charge >= 0.3 is 11.9 Å². The number of aromatic hydroxyl groups is 1. The van der Waals surface area contributed by atoms with Crippen LogP contribution in [0.3, 0.4) is 0 Å². The molecule has 0 aliphatic carbocycles. The first kappa shape index (κ1) is 11.4. The van der Waals surface area contributed by atoms with E-state index in [2.05, 4.69) is 0 Å². The van der Waals surface area contributed by atoms with Gasteiger partial charge in [-0.15, -0.1) is 0 Å². The van der Waals surface area contributed by atoms with E-state index in [0.29, 0.717) is 18.4 Å². The van der Waals surface area contributed by atoms with Crippen molar-refractivity contribution in [1.82, 2.24) is 0 Å². The maximum atomic E-state index is 11.5. The van der Waals surface area contributed by atoms with Crippen molar-refractivity contribution in [1.29, 1.82) is 0 Å². The summed E-state index contributed by atoms with van der Waals surface area (Å²) in [4.78, 5) is 21.9. The van der Waals surface area contributed by atoms with E-state index in [1.54, 1.807) is 12.1 Å². The smallest absolute Gasteiger partial charge is 0.342 e. The average molecular weight is 236 g/mol. The molecule has 0 unspecified atom stereocenters. The Morgan fingerprint density at radius 1 is 1.41 bits per heavy atom. The van der Waals surface area contributed by atoms with E-state index in [-0.39, 0.29) is 17.7 Å². The van der Waals surface area contributed by atoms with Crippen LogP contribution in [-0.2, 0) is 9.53 Å². The molecule has 0 aromatic heterocycles. The third-order valence-electron chi connectivity index (χ3n) is 2.73. The maximum Gasteiger partial charge on any atom is 0.342 e. The molecule has 0 spiro atoms. The number of hydrogen-bond donors (Lipinski definition) is 2. The van der Waals surface area contributed by atoms with Gasteiger partial charge in [0.05, 0.1) is 0 Å². The molecule has 1 atom stereocenters. The maximum absolute atomic E-state index is 11.5. The molecule has 0 radical (unpaired) electrons. The van der Waals surface area contributed by atoms with Gasteiger partial charge < -0.3 is 14.9 Å². The van der Waals surface area contributed by atoms with Crippen molar-refractivity contribution in [2.45, 2.75) is 25.4 Å². The number of rotatable bonds is 4. The lowest BCUT2D eigenvalue weighted by Crippen LogP contribution is -2.01. The molecule has 2 N–H and O–H groups in total. The minimum Gasteiger partial charge on any atom is -0.507 e. The summed E-state index contributed by atoms with van der Waals surface area (Å²) in [6, 6.07) is 4.78. The predicted molar refractivity (Wildman–Crippen MR) is 57.8 cm³/mol. The van der Waals surface area contributed by atoms with Crippen molar-refractivity contribution in [3.05, 3.63) is 29.3 Å². The number of benzene rings is 1. The van der Waals surface area contributed by atoms with Gasteiger partial charge in [0.2, 0.25) is 0 Å². The standard InChI is InChI=1S/C12H12O5/c13-8-4-1-3-7-9(5-2-6-10(14)15)17-12(16)11(7)8/h1,3-4,9,13H,2,5-6H2,(H,14,15)/t9-/m0/s1. The quantitative estimate of drug-likeness (QED) is 0.779. The van der Waals surface area contributed by atoms with Crippen LogP contribution in [-0.4, -0.2) is 22.2 Å². The highest BCUT2D eigenvalue weighted by atomic mass is 16.5. The molecule has 1 aromatic rings. The van der Waals surface area contributed by atoms with Crippen molar-refractivity contribution >= 4 is 11.9 Å². The summed E-state index contributed by atoms with van der Waals surface area (Å²) in [5.41, 5.74) is 0.841. The Kier molecular flexibility index (Phi) is 2.99. The number of fused-ring (bicyclic) bond motifs is 1. The molecule has 17 heavy (non-hydrogen) atoms. The number of esters is 1. The second-order valence-corrected chi connectivity index (χ2v) is 3.92. The summed E-state index contributed by atoms with van der Waals surface area (Å²) in [6.07, 6.45) is 0.489. The van der Waals surface area contributed by atoms with E-state index in [1.807, 2.05) is 0 Å². The highest BCUT2D eigenvalue weighted by Crippen LogP contribution is 2.38. The Bertz CT molecular complexity index is 466. The van der Waals surface area contributed by atoms with Crippen LogP contribution in [0.5, 0.6) is 5.75 Å². The fraction of sp³-hybridized carbons (Fsp3) is 0.333. The number of ether oxygens (including phenoxy) is 1. The third-order valence-corrected chi connectivity index (χ3v) is 2.73. The van der Waals surface area contributed by atoms with Crippen LogP contribution < -0.4 is 0 Å². The Balaban J connectivity index is 2.12. The van der Waals surface area contributed by atoms with Crippen LogP contribution >= 0.6 is 0 Å². The number of carboxylic acid groups (broad SMARTS) is 1. The number of carbonyl (C=O) groups excluding carboxylic acids is 1. The lowest BCUT2D eigenvalue weighted by atomic mass is 10.0. The van der Waals surface area contributed by atoms with Crippen LogP contribution in [0, 0.1) is 0 Å². The molecular weight excluding hydrogens is 224 g/mol. The van der Waals surface area contributed by atoms with Crippen LogP contribution in [0.25, 0.3) is 0 Å². The molecular formula is C12H12O5. The number of carboxylic acids is 1. The van der Waals surface area contributed by atoms with Crippen molar-refractivity contribution < 1.29 is 24.5 Å². The number of phenols is 1. The van der Waals surface area contributed by atoms with Crippen LogP contribution in [0.4, 0.5) is 0 Å². The first-order valence-electron chi connectivity index (χ1n) is 5.34. The van der Waals surface area contributed by atoms with Crippen molar-refractivity contribution in [3.8, 4) is 5.75 Å². The normalized spacial score (nSPS) is 17.6. The topological polar surface area (TPSA) is 83.8 Å². The number of phenolic OH excluding ortho intramolecular Hbond substituents is 1. The van der Waals surface area contributed by atoms with Gasteiger partial charge in [0.1, 0.15) is 17.4 Å². The summed E-state index contributed by atoms with van der Waals surface area (Å²) in [5.74, 6) is -1.50. The van der Waals surface area contributed by atoms with Gasteiger partial charge in [0.25, 0.3) is 0 Å². The van der Waals surface area contributed by atoms with Crippen LogP contribution in [0.2, 0.25) is 0 Å². The number of aliphatic carboxylic acids is 1. The molecule has 5 nitrogen and oxygen atoms in total. The zero-order chi connectivity index (χ0) is 12.4. The molecule has 0 bridgehead atoms. The fourth-order valence-corrected chi connectivity index (χ4v) is 1.95. The van der Waals surface area contributed by atoms with Gasteiger partial charge in [-0.1, -0.05) is 12.1 Å². The zero-order valence-electron chi connectivity index (χ0n) is 9.05. The zero-order valence-corrected chi connectivity index (χ0v) is 9.05. The van der Waals surface area contributed by atoms with Crippen molar-refractivity contribution in [2.24, 2.45) is 0 Å². The Labute approximate surface area is 97.6 Å². The summed E-state index contributed by atoms with van der Waals surface area (Å²) >= 11 is 0. The third kappa shape index (κ3) is 2.22. The van der Waals surface area contributed by atoms with E-state index < -0.39 is 18.0 Å².